The highest BCUT2D eigenvalue weighted by molar-refractivity contribution is 5.98. The third-order valence-corrected chi connectivity index (χ3v) is 4.72. The topological polar surface area (TPSA) is 146 Å². The lowest BCUT2D eigenvalue weighted by Gasteiger charge is -2.12. The average Bonchev–Trinajstić information content (AvgIpc) is 3.38. The number of fused-ring (bicyclic) bond motifs is 1. The van der Waals surface area contributed by atoms with E-state index in [4.69, 9.17) is 10.2 Å². The molecule has 0 spiro atoms. The number of rotatable bonds is 5. The first-order chi connectivity index (χ1) is 15.7. The van der Waals surface area contributed by atoms with Gasteiger partial charge in [-0.2, -0.15) is 0 Å². The average molecular weight is 424 g/mol. The van der Waals surface area contributed by atoms with Crippen LogP contribution in [0.1, 0.15) is 16.2 Å². The molecule has 5 rings (SSSR count). The second-order valence-electron chi connectivity index (χ2n) is 6.79. The van der Waals surface area contributed by atoms with E-state index < -0.39 is 5.91 Å². The number of nitrogen functional groups attached to an aromatic ring is 1. The number of benzene rings is 1. The number of carbonyl (C=O) groups excluding carboxylic acids is 1. The largest absolute Gasteiger partial charge is 0.443 e. The predicted octanol–water partition coefficient (Wildman–Crippen LogP) is 2.65. The molecular weight excluding hydrogens is 408 g/mol. The van der Waals surface area contributed by atoms with Gasteiger partial charge in [0.05, 0.1) is 24.0 Å². The predicted molar refractivity (Wildman–Crippen MR) is 116 cm³/mol. The number of nitrogens with two attached hydrogens (primary N) is 1. The van der Waals surface area contributed by atoms with Crippen LogP contribution in [0.5, 0.6) is 0 Å². The molecule has 5 aromatic rings. The molecule has 0 fully saturated rings. The summed E-state index contributed by atoms with van der Waals surface area (Å²) in [6.07, 6.45) is 7.67. The summed E-state index contributed by atoms with van der Waals surface area (Å²) in [5.41, 5.74) is 9.05. The maximum atomic E-state index is 12.8. The fourth-order valence-electron chi connectivity index (χ4n) is 3.21. The van der Waals surface area contributed by atoms with Gasteiger partial charge in [0, 0.05) is 23.3 Å². The Kier molecular flexibility index (Phi) is 4.92. The molecule has 10 heteroatoms. The number of oxazole rings is 1. The van der Waals surface area contributed by atoms with Gasteiger partial charge < -0.3 is 15.5 Å². The van der Waals surface area contributed by atoms with E-state index in [1.165, 1.54) is 18.8 Å². The molecule has 0 aliphatic heterocycles. The molecule has 0 saturated carbocycles. The van der Waals surface area contributed by atoms with Gasteiger partial charge in [-0.15, -0.1) is 0 Å². The Morgan fingerprint density at radius 3 is 2.75 bits per heavy atom. The van der Waals surface area contributed by atoms with Gasteiger partial charge in [0.2, 0.25) is 5.89 Å². The Hall–Kier alpha value is -4.73. The van der Waals surface area contributed by atoms with Crippen molar-refractivity contribution in [1.82, 2.24) is 35.2 Å². The van der Waals surface area contributed by atoms with Gasteiger partial charge in [-0.25, -0.2) is 24.9 Å². The molecule has 4 heterocycles. The molecule has 0 bridgehead atoms. The van der Waals surface area contributed by atoms with Crippen LogP contribution in [0.25, 0.3) is 33.7 Å². The number of hydrogen-bond donors (Lipinski definition) is 2. The van der Waals surface area contributed by atoms with Crippen LogP contribution < -0.4 is 11.1 Å². The summed E-state index contributed by atoms with van der Waals surface area (Å²) in [4.78, 5) is 38.3. The molecule has 0 saturated heterocycles. The van der Waals surface area contributed by atoms with E-state index >= 15 is 0 Å². The van der Waals surface area contributed by atoms with Crippen molar-refractivity contribution < 1.29 is 9.21 Å². The van der Waals surface area contributed by atoms with Crippen molar-refractivity contribution in [2.45, 2.75) is 6.54 Å². The van der Waals surface area contributed by atoms with E-state index in [9.17, 15) is 4.79 Å². The normalized spacial score (nSPS) is 10.9. The van der Waals surface area contributed by atoms with Crippen molar-refractivity contribution >= 4 is 22.6 Å². The second kappa shape index (κ2) is 8.19. The monoisotopic (exact) mass is 424 g/mol. The molecule has 10 nitrogen and oxygen atoms in total. The molecule has 1 aromatic carbocycles. The standard InChI is InChI=1S/C22H16N8O2/c23-20-19(21(31)27-11-15-5-7-24-12-28-15)29-17(18(30-20)22-26-8-9-32-22)14-3-4-16-13(10-14)2-1-6-25-16/h1-10,12H,11H2,(H2,23,30)(H,27,31). The van der Waals surface area contributed by atoms with E-state index in [2.05, 4.69) is 35.2 Å². The number of nitrogens with one attached hydrogen (secondary N) is 1. The summed E-state index contributed by atoms with van der Waals surface area (Å²) in [5, 5.41) is 3.67. The maximum absolute atomic E-state index is 12.8. The summed E-state index contributed by atoms with van der Waals surface area (Å²) >= 11 is 0. The Labute approximate surface area is 181 Å². The smallest absolute Gasteiger partial charge is 0.274 e. The van der Waals surface area contributed by atoms with Crippen molar-refractivity contribution in [3.8, 4) is 22.8 Å². The van der Waals surface area contributed by atoms with Crippen molar-refractivity contribution in [3.63, 3.8) is 0 Å². The van der Waals surface area contributed by atoms with Crippen molar-refractivity contribution in [3.05, 3.63) is 79.0 Å². The van der Waals surface area contributed by atoms with Crippen LogP contribution in [-0.4, -0.2) is 35.8 Å². The van der Waals surface area contributed by atoms with Gasteiger partial charge in [-0.05, 0) is 24.3 Å². The van der Waals surface area contributed by atoms with Crippen LogP contribution in [0.15, 0.2) is 72.0 Å². The molecular formula is C22H16N8O2. The molecule has 4 aromatic heterocycles. The second-order valence-corrected chi connectivity index (χ2v) is 6.79. The highest BCUT2D eigenvalue weighted by atomic mass is 16.3. The van der Waals surface area contributed by atoms with E-state index in [-0.39, 0.29) is 23.9 Å². The SMILES string of the molecule is Nc1nc(-c2ncco2)c(-c2ccc3ncccc3c2)nc1C(=O)NCc1ccncn1. The first-order valence-electron chi connectivity index (χ1n) is 9.64. The number of hydrogen-bond acceptors (Lipinski definition) is 9. The van der Waals surface area contributed by atoms with Crippen LogP contribution in [-0.2, 0) is 6.54 Å². The number of carbonyl (C=O) groups is 1. The van der Waals surface area contributed by atoms with E-state index in [1.54, 1.807) is 18.5 Å². The minimum Gasteiger partial charge on any atom is -0.443 e. The van der Waals surface area contributed by atoms with Gasteiger partial charge in [0.15, 0.2) is 17.2 Å². The lowest BCUT2D eigenvalue weighted by atomic mass is 10.1. The van der Waals surface area contributed by atoms with Crippen LogP contribution >= 0.6 is 0 Å². The molecule has 32 heavy (non-hydrogen) atoms. The quantitative estimate of drug-likeness (QED) is 0.435. The number of anilines is 1. The number of aromatic nitrogens is 6. The van der Waals surface area contributed by atoms with Crippen LogP contribution in [0.2, 0.25) is 0 Å². The Morgan fingerprint density at radius 1 is 1.00 bits per heavy atom. The van der Waals surface area contributed by atoms with Gasteiger partial charge in [-0.1, -0.05) is 12.1 Å². The third-order valence-electron chi connectivity index (χ3n) is 4.72. The highest BCUT2D eigenvalue weighted by Gasteiger charge is 2.22. The Bertz CT molecular complexity index is 1400. The van der Waals surface area contributed by atoms with Crippen molar-refractivity contribution in [2.75, 3.05) is 5.73 Å². The van der Waals surface area contributed by atoms with Gasteiger partial charge in [0.1, 0.15) is 18.3 Å². The zero-order chi connectivity index (χ0) is 21.9. The van der Waals surface area contributed by atoms with Crippen LogP contribution in [0.3, 0.4) is 0 Å². The Morgan fingerprint density at radius 2 is 1.94 bits per heavy atom. The summed E-state index contributed by atoms with van der Waals surface area (Å²) in [5.74, 6) is -0.265. The number of pyridine rings is 1. The minimum atomic E-state index is -0.476. The van der Waals surface area contributed by atoms with Crippen LogP contribution in [0.4, 0.5) is 5.82 Å². The molecule has 0 atom stereocenters. The van der Waals surface area contributed by atoms with E-state index in [0.29, 0.717) is 17.1 Å². The number of amides is 1. The first kappa shape index (κ1) is 19.2. The molecule has 0 aliphatic rings. The zero-order valence-corrected chi connectivity index (χ0v) is 16.6. The van der Waals surface area contributed by atoms with Crippen LogP contribution in [0, 0.1) is 0 Å². The molecule has 1 amide bonds. The summed E-state index contributed by atoms with van der Waals surface area (Å²) in [7, 11) is 0. The first-order valence-corrected chi connectivity index (χ1v) is 9.64. The zero-order valence-electron chi connectivity index (χ0n) is 16.6. The third kappa shape index (κ3) is 3.72. The summed E-state index contributed by atoms with van der Waals surface area (Å²) in [6.45, 7) is 0.195. The lowest BCUT2D eigenvalue weighted by Crippen LogP contribution is -2.26. The van der Waals surface area contributed by atoms with Gasteiger partial charge in [0.25, 0.3) is 5.91 Å². The van der Waals surface area contributed by atoms with E-state index in [1.807, 2.05) is 30.3 Å². The fraction of sp³-hybridized carbons (Fsp3) is 0.0455. The maximum Gasteiger partial charge on any atom is 0.274 e. The van der Waals surface area contributed by atoms with Crippen molar-refractivity contribution in [1.29, 1.82) is 0 Å². The number of nitrogens with zero attached hydrogens (tertiary/aromatic N) is 6. The molecule has 0 unspecified atom stereocenters. The van der Waals surface area contributed by atoms with Crippen molar-refractivity contribution in [2.24, 2.45) is 0 Å². The molecule has 0 aliphatic carbocycles. The molecule has 0 radical (unpaired) electrons. The minimum absolute atomic E-state index is 0.00403. The Balaban J connectivity index is 1.57. The highest BCUT2D eigenvalue weighted by Crippen LogP contribution is 2.31. The molecule has 156 valence electrons. The van der Waals surface area contributed by atoms with E-state index in [0.717, 1.165) is 16.5 Å². The lowest BCUT2D eigenvalue weighted by molar-refractivity contribution is 0.0946. The van der Waals surface area contributed by atoms with Gasteiger partial charge in [-0.3, -0.25) is 9.78 Å². The van der Waals surface area contributed by atoms with Gasteiger partial charge >= 0.3 is 0 Å². The summed E-state index contributed by atoms with van der Waals surface area (Å²) in [6, 6.07) is 11.1. The molecule has 3 N–H and O–H groups in total. The fourth-order valence-corrected chi connectivity index (χ4v) is 3.21. The summed E-state index contributed by atoms with van der Waals surface area (Å²) < 4.78 is 5.43.